The lowest BCUT2D eigenvalue weighted by molar-refractivity contribution is -0.118. The zero-order chi connectivity index (χ0) is 13.5. The average Bonchev–Trinajstić information content (AvgIpc) is 2.46. The molecule has 0 saturated carbocycles. The molecule has 98 valence electrons. The summed E-state index contributed by atoms with van der Waals surface area (Å²) >= 11 is 0. The number of carbonyl (C=O) groups excluding carboxylic acids is 1. The SMILES string of the molecule is COc1cccc(OCC(=O)Nc2cccnc2)c1. The third-order valence-corrected chi connectivity index (χ3v) is 2.36. The standard InChI is InChI=1S/C14H14N2O3/c1-18-12-5-2-6-13(8-12)19-10-14(17)16-11-4-3-7-15-9-11/h2-9H,10H2,1H3,(H,16,17). The summed E-state index contributed by atoms with van der Waals surface area (Å²) in [4.78, 5) is 15.6. The van der Waals surface area contributed by atoms with E-state index in [2.05, 4.69) is 10.3 Å². The Labute approximate surface area is 111 Å². The molecule has 0 bridgehead atoms. The number of ether oxygens (including phenoxy) is 2. The molecule has 0 spiro atoms. The van der Waals surface area contributed by atoms with Gasteiger partial charge in [0, 0.05) is 12.3 Å². The first kappa shape index (κ1) is 12.9. The molecule has 0 radical (unpaired) electrons. The third kappa shape index (κ3) is 3.99. The molecule has 5 heteroatoms. The zero-order valence-electron chi connectivity index (χ0n) is 10.5. The van der Waals surface area contributed by atoms with Crippen LogP contribution in [0.15, 0.2) is 48.8 Å². The van der Waals surface area contributed by atoms with E-state index in [-0.39, 0.29) is 12.5 Å². The molecule has 2 aromatic rings. The molecule has 2 rings (SSSR count). The van der Waals surface area contributed by atoms with Crippen LogP contribution in [-0.2, 0) is 4.79 Å². The summed E-state index contributed by atoms with van der Waals surface area (Å²) in [5.74, 6) is 1.03. The molecular formula is C14H14N2O3. The Morgan fingerprint density at radius 1 is 1.26 bits per heavy atom. The van der Waals surface area contributed by atoms with E-state index in [9.17, 15) is 4.79 Å². The van der Waals surface area contributed by atoms with Gasteiger partial charge in [0.05, 0.1) is 19.0 Å². The molecule has 0 aliphatic rings. The fraction of sp³-hybridized carbons (Fsp3) is 0.143. The molecule has 1 aromatic carbocycles. The van der Waals surface area contributed by atoms with Crippen molar-refractivity contribution < 1.29 is 14.3 Å². The quantitative estimate of drug-likeness (QED) is 0.892. The van der Waals surface area contributed by atoms with E-state index in [1.54, 1.807) is 49.8 Å². The molecule has 0 unspecified atom stereocenters. The summed E-state index contributed by atoms with van der Waals surface area (Å²) in [6.07, 6.45) is 3.21. The molecule has 0 saturated heterocycles. The smallest absolute Gasteiger partial charge is 0.262 e. The molecule has 0 aliphatic carbocycles. The topological polar surface area (TPSA) is 60.5 Å². The highest BCUT2D eigenvalue weighted by atomic mass is 16.5. The van der Waals surface area contributed by atoms with Gasteiger partial charge in [-0.3, -0.25) is 9.78 Å². The number of benzene rings is 1. The van der Waals surface area contributed by atoms with Crippen molar-refractivity contribution in [1.82, 2.24) is 4.98 Å². The van der Waals surface area contributed by atoms with Crippen LogP contribution >= 0.6 is 0 Å². The van der Waals surface area contributed by atoms with Crippen LogP contribution < -0.4 is 14.8 Å². The number of aromatic nitrogens is 1. The number of carbonyl (C=O) groups is 1. The van der Waals surface area contributed by atoms with Gasteiger partial charge in [-0.25, -0.2) is 0 Å². The minimum atomic E-state index is -0.240. The molecule has 1 aromatic heterocycles. The van der Waals surface area contributed by atoms with Gasteiger partial charge in [-0.2, -0.15) is 0 Å². The van der Waals surface area contributed by atoms with Gasteiger partial charge in [0.1, 0.15) is 11.5 Å². The number of nitrogens with zero attached hydrogens (tertiary/aromatic N) is 1. The van der Waals surface area contributed by atoms with E-state index in [1.165, 1.54) is 0 Å². The Kier molecular flexibility index (Phi) is 4.34. The number of rotatable bonds is 5. The number of hydrogen-bond acceptors (Lipinski definition) is 4. The molecule has 1 N–H and O–H groups in total. The van der Waals surface area contributed by atoms with E-state index >= 15 is 0 Å². The number of anilines is 1. The fourth-order valence-electron chi connectivity index (χ4n) is 1.47. The highest BCUT2D eigenvalue weighted by Gasteiger charge is 2.04. The fourth-order valence-corrected chi connectivity index (χ4v) is 1.47. The molecule has 0 fully saturated rings. The molecular weight excluding hydrogens is 244 g/mol. The third-order valence-electron chi connectivity index (χ3n) is 2.36. The van der Waals surface area contributed by atoms with Crippen molar-refractivity contribution in [3.63, 3.8) is 0 Å². The van der Waals surface area contributed by atoms with Crippen LogP contribution in [0.3, 0.4) is 0 Å². The van der Waals surface area contributed by atoms with E-state index in [0.717, 1.165) is 0 Å². The predicted octanol–water partition coefficient (Wildman–Crippen LogP) is 2.11. The first-order chi connectivity index (χ1) is 9.28. The molecule has 19 heavy (non-hydrogen) atoms. The lowest BCUT2D eigenvalue weighted by atomic mass is 10.3. The van der Waals surface area contributed by atoms with Crippen LogP contribution in [0.4, 0.5) is 5.69 Å². The summed E-state index contributed by atoms with van der Waals surface area (Å²) in [5, 5.41) is 2.68. The summed E-state index contributed by atoms with van der Waals surface area (Å²) < 4.78 is 10.4. The van der Waals surface area contributed by atoms with Gasteiger partial charge >= 0.3 is 0 Å². The van der Waals surface area contributed by atoms with E-state index in [0.29, 0.717) is 17.2 Å². The molecule has 0 aliphatic heterocycles. The van der Waals surface area contributed by atoms with Crippen LogP contribution in [0, 0.1) is 0 Å². The Morgan fingerprint density at radius 3 is 2.84 bits per heavy atom. The Morgan fingerprint density at radius 2 is 2.11 bits per heavy atom. The highest BCUT2D eigenvalue weighted by molar-refractivity contribution is 5.91. The second kappa shape index (κ2) is 6.39. The van der Waals surface area contributed by atoms with Gasteiger partial charge in [-0.05, 0) is 24.3 Å². The maximum absolute atomic E-state index is 11.6. The van der Waals surface area contributed by atoms with E-state index in [1.807, 2.05) is 6.07 Å². The maximum Gasteiger partial charge on any atom is 0.262 e. The summed E-state index contributed by atoms with van der Waals surface area (Å²) in [6.45, 7) is -0.0674. The number of amides is 1. The maximum atomic E-state index is 11.6. The predicted molar refractivity (Wildman–Crippen MR) is 71.4 cm³/mol. The second-order valence-electron chi connectivity index (χ2n) is 3.76. The van der Waals surface area contributed by atoms with Crippen LogP contribution in [0.1, 0.15) is 0 Å². The molecule has 1 amide bonds. The van der Waals surface area contributed by atoms with Gasteiger partial charge < -0.3 is 14.8 Å². The van der Waals surface area contributed by atoms with Gasteiger partial charge in [0.25, 0.3) is 5.91 Å². The number of pyridine rings is 1. The lowest BCUT2D eigenvalue weighted by Gasteiger charge is -2.08. The largest absolute Gasteiger partial charge is 0.497 e. The summed E-state index contributed by atoms with van der Waals surface area (Å²) in [6, 6.07) is 10.6. The van der Waals surface area contributed by atoms with Crippen molar-refractivity contribution in [2.45, 2.75) is 0 Å². The first-order valence-corrected chi connectivity index (χ1v) is 5.74. The Hall–Kier alpha value is -2.56. The van der Waals surface area contributed by atoms with E-state index in [4.69, 9.17) is 9.47 Å². The van der Waals surface area contributed by atoms with Crippen molar-refractivity contribution in [2.24, 2.45) is 0 Å². The number of methoxy groups -OCH3 is 1. The monoisotopic (exact) mass is 258 g/mol. The number of nitrogens with one attached hydrogen (secondary N) is 1. The van der Waals surface area contributed by atoms with Crippen molar-refractivity contribution in [1.29, 1.82) is 0 Å². The van der Waals surface area contributed by atoms with Crippen molar-refractivity contribution in [3.05, 3.63) is 48.8 Å². The van der Waals surface area contributed by atoms with Gasteiger partial charge in [-0.1, -0.05) is 6.07 Å². The molecule has 1 heterocycles. The Bertz CT molecular complexity index is 543. The van der Waals surface area contributed by atoms with Crippen molar-refractivity contribution in [3.8, 4) is 11.5 Å². The van der Waals surface area contributed by atoms with Crippen LogP contribution in [-0.4, -0.2) is 24.6 Å². The number of hydrogen-bond donors (Lipinski definition) is 1. The first-order valence-electron chi connectivity index (χ1n) is 5.74. The summed E-state index contributed by atoms with van der Waals surface area (Å²) in [5.41, 5.74) is 0.641. The van der Waals surface area contributed by atoms with Gasteiger partial charge in [0.15, 0.2) is 6.61 Å². The van der Waals surface area contributed by atoms with Gasteiger partial charge in [0.2, 0.25) is 0 Å². The normalized spacial score (nSPS) is 9.74. The zero-order valence-corrected chi connectivity index (χ0v) is 10.5. The van der Waals surface area contributed by atoms with Crippen LogP contribution in [0.2, 0.25) is 0 Å². The molecule has 0 atom stereocenters. The van der Waals surface area contributed by atoms with E-state index < -0.39 is 0 Å². The second-order valence-corrected chi connectivity index (χ2v) is 3.76. The van der Waals surface area contributed by atoms with Crippen molar-refractivity contribution in [2.75, 3.05) is 19.0 Å². The minimum Gasteiger partial charge on any atom is -0.497 e. The molecule has 5 nitrogen and oxygen atoms in total. The highest BCUT2D eigenvalue weighted by Crippen LogP contribution is 2.18. The van der Waals surface area contributed by atoms with Crippen LogP contribution in [0.25, 0.3) is 0 Å². The minimum absolute atomic E-state index is 0.0674. The Balaban J connectivity index is 1.86. The summed E-state index contributed by atoms with van der Waals surface area (Å²) in [7, 11) is 1.58. The van der Waals surface area contributed by atoms with Crippen molar-refractivity contribution >= 4 is 11.6 Å². The van der Waals surface area contributed by atoms with Gasteiger partial charge in [-0.15, -0.1) is 0 Å². The average molecular weight is 258 g/mol. The van der Waals surface area contributed by atoms with Crippen LogP contribution in [0.5, 0.6) is 11.5 Å². The lowest BCUT2D eigenvalue weighted by Crippen LogP contribution is -2.20.